The highest BCUT2D eigenvalue weighted by molar-refractivity contribution is 7.99. The molecule has 0 aliphatic heterocycles. The fraction of sp³-hybridized carbons (Fsp3) is 0.455. The molecule has 0 fully saturated rings. The summed E-state index contributed by atoms with van der Waals surface area (Å²) < 4.78 is 26.3. The Bertz CT molecular complexity index is 430. The number of hydrogen-bond donors (Lipinski definition) is 1. The number of hydrogen-bond acceptors (Lipinski definition) is 4. The maximum absolute atomic E-state index is 13.4. The number of nitrogens with zero attached hydrogens (tertiary/aromatic N) is 1. The van der Waals surface area contributed by atoms with Crippen molar-refractivity contribution in [3.05, 3.63) is 33.9 Å². The summed E-state index contributed by atoms with van der Waals surface area (Å²) in [4.78, 5) is 9.89. The van der Waals surface area contributed by atoms with Gasteiger partial charge in [0.2, 0.25) is 0 Å². The number of thioether (sulfide) groups is 1. The Balaban J connectivity index is 2.71. The summed E-state index contributed by atoms with van der Waals surface area (Å²) in [6.45, 7) is 2.44. The zero-order valence-corrected chi connectivity index (χ0v) is 10.7. The zero-order valence-electron chi connectivity index (χ0n) is 9.91. The highest BCUT2D eigenvalue weighted by atomic mass is 32.2. The molecule has 0 aliphatic rings. The van der Waals surface area contributed by atoms with Crippen LogP contribution >= 0.6 is 11.8 Å². The largest absolute Gasteiger partial charge is 0.377 e. The molecule has 1 rings (SSSR count). The molecule has 1 aromatic rings. The Hall–Kier alpha value is -1.37. The van der Waals surface area contributed by atoms with Crippen LogP contribution in [0.2, 0.25) is 0 Å². The minimum Gasteiger partial charge on any atom is -0.377 e. The van der Waals surface area contributed by atoms with Crippen molar-refractivity contribution < 1.29 is 13.7 Å². The van der Waals surface area contributed by atoms with Gasteiger partial charge in [-0.15, -0.1) is 0 Å². The van der Waals surface area contributed by atoms with E-state index in [9.17, 15) is 18.9 Å². The van der Waals surface area contributed by atoms with E-state index >= 15 is 0 Å². The van der Waals surface area contributed by atoms with Crippen molar-refractivity contribution in [1.29, 1.82) is 0 Å². The summed E-state index contributed by atoms with van der Waals surface area (Å²) in [5.41, 5.74) is -0.821. The predicted molar refractivity (Wildman–Crippen MR) is 69.1 cm³/mol. The van der Waals surface area contributed by atoms with E-state index in [1.165, 1.54) is 0 Å². The quantitative estimate of drug-likeness (QED) is 0.471. The van der Waals surface area contributed by atoms with Gasteiger partial charge in [0, 0.05) is 12.6 Å². The van der Waals surface area contributed by atoms with Gasteiger partial charge in [0.05, 0.1) is 11.0 Å². The summed E-state index contributed by atoms with van der Waals surface area (Å²) in [5.74, 6) is -0.0123. The molecule has 0 aromatic heterocycles. The molecule has 4 nitrogen and oxygen atoms in total. The summed E-state index contributed by atoms with van der Waals surface area (Å²) in [7, 11) is 0. The SMILES string of the molecule is CCSCCCNc1c(F)cc(F)cc1[N+](=O)[O-]. The van der Waals surface area contributed by atoms with Crippen LogP contribution in [0, 0.1) is 21.7 Å². The highest BCUT2D eigenvalue weighted by Crippen LogP contribution is 2.28. The number of anilines is 1. The molecule has 7 heteroatoms. The number of benzene rings is 1. The Labute approximate surface area is 108 Å². The molecule has 0 saturated heterocycles. The van der Waals surface area contributed by atoms with E-state index in [4.69, 9.17) is 0 Å². The maximum Gasteiger partial charge on any atom is 0.298 e. The van der Waals surface area contributed by atoms with Gasteiger partial charge in [-0.2, -0.15) is 11.8 Å². The monoisotopic (exact) mass is 276 g/mol. The molecule has 0 bridgehead atoms. The van der Waals surface area contributed by atoms with Gasteiger partial charge in [-0.25, -0.2) is 8.78 Å². The Kier molecular flexibility index (Phi) is 5.84. The topological polar surface area (TPSA) is 55.2 Å². The average Bonchev–Trinajstić information content (AvgIpc) is 2.30. The van der Waals surface area contributed by atoms with Crippen molar-refractivity contribution >= 4 is 23.1 Å². The zero-order chi connectivity index (χ0) is 13.5. The molecule has 0 heterocycles. The summed E-state index contributed by atoms with van der Waals surface area (Å²) in [6.07, 6.45) is 0.756. The van der Waals surface area contributed by atoms with Gasteiger partial charge in [0.1, 0.15) is 11.5 Å². The van der Waals surface area contributed by atoms with Crippen LogP contribution in [0.25, 0.3) is 0 Å². The third-order valence-electron chi connectivity index (χ3n) is 2.20. The first-order valence-electron chi connectivity index (χ1n) is 5.51. The van der Waals surface area contributed by atoms with Gasteiger partial charge >= 0.3 is 0 Å². The fourth-order valence-electron chi connectivity index (χ4n) is 1.41. The van der Waals surface area contributed by atoms with Crippen LogP contribution in [-0.2, 0) is 0 Å². The van der Waals surface area contributed by atoms with Crippen LogP contribution in [0.3, 0.4) is 0 Å². The van der Waals surface area contributed by atoms with Gasteiger partial charge in [0.25, 0.3) is 5.69 Å². The molecular weight excluding hydrogens is 262 g/mol. The molecule has 18 heavy (non-hydrogen) atoms. The van der Waals surface area contributed by atoms with Gasteiger partial charge in [-0.3, -0.25) is 10.1 Å². The Morgan fingerprint density at radius 2 is 2.17 bits per heavy atom. The van der Waals surface area contributed by atoms with Crippen LogP contribution in [0.5, 0.6) is 0 Å². The first-order chi connectivity index (χ1) is 8.56. The van der Waals surface area contributed by atoms with Gasteiger partial charge in [-0.05, 0) is 17.9 Å². The first kappa shape index (κ1) is 14.7. The number of rotatable bonds is 7. The Morgan fingerprint density at radius 1 is 1.44 bits per heavy atom. The van der Waals surface area contributed by atoms with Crippen molar-refractivity contribution in [2.75, 3.05) is 23.4 Å². The molecule has 0 amide bonds. The molecule has 0 radical (unpaired) electrons. The van der Waals surface area contributed by atoms with Crippen LogP contribution in [-0.4, -0.2) is 23.0 Å². The summed E-state index contributed by atoms with van der Waals surface area (Å²) >= 11 is 1.73. The summed E-state index contributed by atoms with van der Waals surface area (Å²) in [6, 6.07) is 1.35. The second-order valence-electron chi connectivity index (χ2n) is 3.52. The van der Waals surface area contributed by atoms with Crippen LogP contribution in [0.1, 0.15) is 13.3 Å². The minimum absolute atomic E-state index is 0.247. The lowest BCUT2D eigenvalue weighted by atomic mass is 10.2. The smallest absolute Gasteiger partial charge is 0.298 e. The van der Waals surface area contributed by atoms with Crippen LogP contribution in [0.15, 0.2) is 12.1 Å². The minimum atomic E-state index is -0.953. The molecule has 0 spiro atoms. The maximum atomic E-state index is 13.4. The Morgan fingerprint density at radius 3 is 2.78 bits per heavy atom. The highest BCUT2D eigenvalue weighted by Gasteiger charge is 2.19. The van der Waals surface area contributed by atoms with E-state index in [0.717, 1.165) is 17.9 Å². The lowest BCUT2D eigenvalue weighted by molar-refractivity contribution is -0.384. The van der Waals surface area contributed by atoms with Gasteiger partial charge in [0.15, 0.2) is 5.82 Å². The van der Waals surface area contributed by atoms with E-state index in [2.05, 4.69) is 5.32 Å². The van der Waals surface area contributed by atoms with Crippen molar-refractivity contribution in [1.82, 2.24) is 0 Å². The molecule has 0 saturated carbocycles. The van der Waals surface area contributed by atoms with Crippen LogP contribution in [0.4, 0.5) is 20.2 Å². The van der Waals surface area contributed by atoms with Crippen molar-refractivity contribution in [3.63, 3.8) is 0 Å². The third-order valence-corrected chi connectivity index (χ3v) is 3.19. The van der Waals surface area contributed by atoms with Crippen LogP contribution < -0.4 is 5.32 Å². The standard InChI is InChI=1S/C11H14F2N2O2S/c1-2-18-5-3-4-14-11-9(13)6-8(12)7-10(11)15(16)17/h6-7,14H,2-5H2,1H3. The third kappa shape index (κ3) is 4.14. The number of nitro groups is 1. The van der Waals surface area contributed by atoms with E-state index < -0.39 is 22.2 Å². The van der Waals surface area contributed by atoms with E-state index in [-0.39, 0.29) is 5.69 Å². The van der Waals surface area contributed by atoms with E-state index in [1.807, 2.05) is 6.92 Å². The van der Waals surface area contributed by atoms with Gasteiger partial charge < -0.3 is 5.32 Å². The first-order valence-corrected chi connectivity index (χ1v) is 6.66. The average molecular weight is 276 g/mol. The second-order valence-corrected chi connectivity index (χ2v) is 4.91. The molecule has 100 valence electrons. The molecule has 0 unspecified atom stereocenters. The molecule has 0 atom stereocenters. The lowest BCUT2D eigenvalue weighted by Crippen LogP contribution is -2.07. The molecule has 0 aliphatic carbocycles. The molecule has 1 aromatic carbocycles. The van der Waals surface area contributed by atoms with Crippen molar-refractivity contribution in [3.8, 4) is 0 Å². The number of halogens is 2. The fourth-order valence-corrected chi connectivity index (χ4v) is 2.05. The van der Waals surface area contributed by atoms with E-state index in [1.54, 1.807) is 11.8 Å². The number of nitrogens with one attached hydrogen (secondary N) is 1. The lowest BCUT2D eigenvalue weighted by Gasteiger charge is -2.08. The second kappa shape index (κ2) is 7.15. The number of nitro benzene ring substituents is 1. The normalized spacial score (nSPS) is 10.4. The van der Waals surface area contributed by atoms with Crippen molar-refractivity contribution in [2.24, 2.45) is 0 Å². The molecular formula is C11H14F2N2O2S. The molecule has 1 N–H and O–H groups in total. The summed E-state index contributed by atoms with van der Waals surface area (Å²) in [5, 5.41) is 13.3. The van der Waals surface area contributed by atoms with E-state index in [0.29, 0.717) is 18.7 Å². The van der Waals surface area contributed by atoms with Gasteiger partial charge in [-0.1, -0.05) is 6.92 Å². The predicted octanol–water partition coefficient (Wildman–Crippen LogP) is 3.43. The van der Waals surface area contributed by atoms with Crippen molar-refractivity contribution in [2.45, 2.75) is 13.3 Å².